The molecule has 0 radical (unpaired) electrons. The van der Waals surface area contributed by atoms with Crippen molar-refractivity contribution in [2.24, 2.45) is 5.92 Å². The normalized spacial score (nSPS) is 12.5. The number of anilines is 1. The molecule has 0 spiro atoms. The van der Waals surface area contributed by atoms with Gasteiger partial charge in [-0.3, -0.25) is 29.3 Å². The first kappa shape index (κ1) is 34.5. The number of ketones is 1. The number of halogens is 3. The zero-order chi connectivity index (χ0) is 34.7. The lowest BCUT2D eigenvalue weighted by atomic mass is 9.88. The van der Waals surface area contributed by atoms with Crippen LogP contribution >= 0.6 is 0 Å². The highest BCUT2D eigenvalue weighted by Crippen LogP contribution is 2.33. The maximum Gasteiger partial charge on any atom is 0.417 e. The third-order valence-electron chi connectivity index (χ3n) is 7.26. The van der Waals surface area contributed by atoms with E-state index in [1.54, 1.807) is 58.0 Å². The van der Waals surface area contributed by atoms with Crippen molar-refractivity contribution in [1.82, 2.24) is 30.0 Å². The Morgan fingerprint density at radius 2 is 1.72 bits per heavy atom. The molecule has 0 unspecified atom stereocenters. The zero-order valence-corrected chi connectivity index (χ0v) is 26.3. The fourth-order valence-corrected chi connectivity index (χ4v) is 4.56. The summed E-state index contributed by atoms with van der Waals surface area (Å²) in [5, 5.41) is 12.7. The average Bonchev–Trinajstić information content (AvgIpc) is 3.54. The van der Waals surface area contributed by atoms with E-state index in [9.17, 15) is 32.3 Å². The predicted molar refractivity (Wildman–Crippen MR) is 161 cm³/mol. The van der Waals surface area contributed by atoms with Gasteiger partial charge < -0.3 is 14.5 Å². The second kappa shape index (κ2) is 13.5. The molecule has 0 aliphatic rings. The zero-order valence-electron chi connectivity index (χ0n) is 26.3. The summed E-state index contributed by atoms with van der Waals surface area (Å²) in [6.45, 7) is 7.46. The molecule has 2 N–H and O–H groups in total. The summed E-state index contributed by atoms with van der Waals surface area (Å²) in [5.41, 5.74) is -2.12. The lowest BCUT2D eigenvalue weighted by Crippen LogP contribution is -2.47. The first-order valence-electron chi connectivity index (χ1n) is 14.3. The van der Waals surface area contributed by atoms with Crippen molar-refractivity contribution in [2.75, 3.05) is 12.4 Å². The molecule has 3 heterocycles. The summed E-state index contributed by atoms with van der Waals surface area (Å²) in [7, 11) is 1.13. The van der Waals surface area contributed by atoms with E-state index >= 15 is 0 Å². The third kappa shape index (κ3) is 7.53. The second-order valence-corrected chi connectivity index (χ2v) is 11.4. The van der Waals surface area contributed by atoms with Crippen molar-refractivity contribution >= 4 is 23.5 Å². The van der Waals surface area contributed by atoms with Gasteiger partial charge in [0.2, 0.25) is 17.6 Å². The molecule has 1 atom stereocenters. The number of ether oxygens (including phenoxy) is 1. The van der Waals surface area contributed by atoms with Gasteiger partial charge in [0.05, 0.1) is 35.5 Å². The molecule has 0 saturated carbocycles. The number of benzene rings is 1. The molecule has 16 heteroatoms. The van der Waals surface area contributed by atoms with E-state index in [0.29, 0.717) is 11.8 Å². The molecule has 248 valence electrons. The van der Waals surface area contributed by atoms with Gasteiger partial charge in [-0.1, -0.05) is 44.2 Å². The highest BCUT2D eigenvalue weighted by molar-refractivity contribution is 5.98. The van der Waals surface area contributed by atoms with Gasteiger partial charge in [-0.15, -0.1) is 10.2 Å². The van der Waals surface area contributed by atoms with Crippen molar-refractivity contribution in [2.45, 2.75) is 58.8 Å². The number of nitrogens with zero attached hydrogens (tertiary/aromatic N) is 5. The van der Waals surface area contributed by atoms with Crippen LogP contribution < -0.4 is 16.2 Å². The number of hydrogen-bond acceptors (Lipinski definition) is 10. The van der Waals surface area contributed by atoms with E-state index in [1.807, 2.05) is 0 Å². The minimum Gasteiger partial charge on any atom is -0.453 e. The Balaban J connectivity index is 1.60. The number of amides is 2. The molecule has 4 rings (SSSR count). The molecule has 0 aliphatic carbocycles. The van der Waals surface area contributed by atoms with Crippen molar-refractivity contribution < 1.29 is 36.7 Å². The fourth-order valence-electron chi connectivity index (χ4n) is 4.56. The molecule has 0 bridgehead atoms. The fraction of sp³-hybridized carbons (Fsp3) is 0.355. The van der Waals surface area contributed by atoms with E-state index < -0.39 is 64.9 Å². The molecule has 4 aromatic rings. The molecule has 3 aromatic heterocycles. The number of rotatable bonds is 10. The van der Waals surface area contributed by atoms with Crippen LogP contribution in [0.25, 0.3) is 11.4 Å². The van der Waals surface area contributed by atoms with Crippen LogP contribution in [0.2, 0.25) is 0 Å². The largest absolute Gasteiger partial charge is 0.453 e. The standard InChI is InChI=1S/C31H32F3N7O6/c1-16(2)22(24(43)26-39-40-28(47-26)30(4,5)20-13-12-19(14-35-20)31(32,33)34)37-21(42)15-41-25(18-10-8-7-9-11-18)36-17(3)23(27(41)44)38-29(45)46-6/h7-14,16,22H,15H2,1-6H3,(H,37,42)(H,38,45)/t22-/m0/s1. The Hall–Kier alpha value is -5.41. The van der Waals surface area contributed by atoms with Crippen LogP contribution in [0.1, 0.15) is 61.2 Å². The average molecular weight is 656 g/mol. The molecule has 47 heavy (non-hydrogen) atoms. The van der Waals surface area contributed by atoms with Gasteiger partial charge in [0.1, 0.15) is 18.1 Å². The number of alkyl halides is 3. The quantitative estimate of drug-likeness (QED) is 0.231. The van der Waals surface area contributed by atoms with Crippen molar-refractivity contribution in [3.8, 4) is 11.4 Å². The van der Waals surface area contributed by atoms with Gasteiger partial charge >= 0.3 is 12.3 Å². The molecule has 0 fully saturated rings. The summed E-state index contributed by atoms with van der Waals surface area (Å²) in [4.78, 5) is 60.7. The van der Waals surface area contributed by atoms with Crippen LogP contribution in [0.4, 0.5) is 23.7 Å². The second-order valence-electron chi connectivity index (χ2n) is 11.4. The minimum absolute atomic E-state index is 0.0858. The van der Waals surface area contributed by atoms with Crippen molar-refractivity contribution in [3.63, 3.8) is 0 Å². The Bertz CT molecular complexity index is 1840. The topological polar surface area (TPSA) is 171 Å². The molecular formula is C31H32F3N7O6. The van der Waals surface area contributed by atoms with Crippen molar-refractivity contribution in [1.29, 1.82) is 0 Å². The summed E-state index contributed by atoms with van der Waals surface area (Å²) in [5.74, 6) is -2.33. The highest BCUT2D eigenvalue weighted by Gasteiger charge is 2.36. The van der Waals surface area contributed by atoms with Gasteiger partial charge in [-0.25, -0.2) is 9.78 Å². The number of hydrogen-bond donors (Lipinski definition) is 2. The van der Waals surface area contributed by atoms with E-state index in [2.05, 4.69) is 35.5 Å². The molecular weight excluding hydrogens is 623 g/mol. The van der Waals surface area contributed by atoms with E-state index in [1.165, 1.54) is 13.0 Å². The Kier molecular flexibility index (Phi) is 9.92. The summed E-state index contributed by atoms with van der Waals surface area (Å²) in [6.07, 6.45) is -4.78. The number of aryl methyl sites for hydroxylation is 1. The lowest BCUT2D eigenvalue weighted by Gasteiger charge is -2.21. The number of carbonyl (C=O) groups excluding carboxylic acids is 3. The van der Waals surface area contributed by atoms with Gasteiger partial charge in [0.25, 0.3) is 11.4 Å². The van der Waals surface area contributed by atoms with Gasteiger partial charge in [0, 0.05) is 11.8 Å². The predicted octanol–water partition coefficient (Wildman–Crippen LogP) is 4.54. The Labute approximate surface area is 266 Å². The van der Waals surface area contributed by atoms with E-state index in [0.717, 1.165) is 17.7 Å². The molecule has 2 amide bonds. The summed E-state index contributed by atoms with van der Waals surface area (Å²) >= 11 is 0. The Morgan fingerprint density at radius 1 is 1.04 bits per heavy atom. The first-order chi connectivity index (χ1) is 22.0. The highest BCUT2D eigenvalue weighted by atomic mass is 19.4. The lowest BCUT2D eigenvalue weighted by molar-refractivity contribution is -0.137. The monoisotopic (exact) mass is 655 g/mol. The third-order valence-corrected chi connectivity index (χ3v) is 7.26. The molecule has 0 saturated heterocycles. The number of Topliss-reactive ketones (excluding diaryl/α,β-unsaturated/α-hetero) is 1. The minimum atomic E-state index is -4.56. The SMILES string of the molecule is COC(=O)Nc1c(C)nc(-c2ccccc2)n(CC(=O)N[C@H](C(=O)c2nnc(C(C)(C)c3ccc(C(F)(F)F)cn3)o2)C(C)C)c1=O. The molecule has 0 aliphatic heterocycles. The number of aromatic nitrogens is 5. The number of carbonyl (C=O) groups is 3. The van der Waals surface area contributed by atoms with E-state index in [4.69, 9.17) is 4.42 Å². The van der Waals surface area contributed by atoms with Crippen molar-refractivity contribution in [3.05, 3.63) is 87.7 Å². The van der Waals surface area contributed by atoms with Gasteiger partial charge in [-0.2, -0.15) is 13.2 Å². The van der Waals surface area contributed by atoms with Crippen LogP contribution in [0, 0.1) is 12.8 Å². The molecule has 13 nitrogen and oxygen atoms in total. The summed E-state index contributed by atoms with van der Waals surface area (Å²) < 4.78 is 50.4. The molecule has 1 aromatic carbocycles. The van der Waals surface area contributed by atoms with Crippen LogP contribution in [-0.4, -0.2) is 55.7 Å². The smallest absolute Gasteiger partial charge is 0.417 e. The number of nitrogens with one attached hydrogen (secondary N) is 2. The van der Waals surface area contributed by atoms with Gasteiger partial charge in [-0.05, 0) is 38.8 Å². The maximum absolute atomic E-state index is 13.5. The van der Waals surface area contributed by atoms with Crippen LogP contribution in [0.15, 0.2) is 57.9 Å². The van der Waals surface area contributed by atoms with Gasteiger partial charge in [0.15, 0.2) is 0 Å². The van der Waals surface area contributed by atoms with Crippen LogP contribution in [0.3, 0.4) is 0 Å². The van der Waals surface area contributed by atoms with Crippen LogP contribution in [-0.2, 0) is 27.7 Å². The van der Waals surface area contributed by atoms with E-state index in [-0.39, 0.29) is 28.8 Å². The number of pyridine rings is 1. The Morgan fingerprint density at radius 3 is 2.30 bits per heavy atom. The maximum atomic E-state index is 13.5. The summed E-state index contributed by atoms with van der Waals surface area (Å²) in [6, 6.07) is 9.49. The first-order valence-corrected chi connectivity index (χ1v) is 14.3. The number of methoxy groups -OCH3 is 1. The van der Waals surface area contributed by atoms with Crippen LogP contribution in [0.5, 0.6) is 0 Å².